The number of halogens is 1. The lowest BCUT2D eigenvalue weighted by Gasteiger charge is -2.12. The normalized spacial score (nSPS) is 11.3. The first-order valence-corrected chi connectivity index (χ1v) is 7.67. The van der Waals surface area contributed by atoms with Crippen LogP contribution >= 0.6 is 0 Å². The highest BCUT2D eigenvalue weighted by Crippen LogP contribution is 2.36. The van der Waals surface area contributed by atoms with Gasteiger partial charge in [-0.3, -0.25) is 0 Å². The fourth-order valence-corrected chi connectivity index (χ4v) is 2.58. The Morgan fingerprint density at radius 3 is 2.42 bits per heavy atom. The van der Waals surface area contributed by atoms with E-state index in [0.29, 0.717) is 39.7 Å². The van der Waals surface area contributed by atoms with Gasteiger partial charge in [-0.05, 0) is 30.3 Å². The SMILES string of the molecule is COc1cc(OC)c(OC)cc1/C=C(/C#N)c1nc2ccc(F)cc2[nH]1. The molecule has 0 aliphatic carbocycles. The first-order chi connectivity index (χ1) is 12.6. The van der Waals surface area contributed by atoms with Crippen molar-refractivity contribution in [1.82, 2.24) is 9.97 Å². The molecule has 1 N–H and O–H groups in total. The van der Waals surface area contributed by atoms with Crippen LogP contribution in [0.4, 0.5) is 4.39 Å². The van der Waals surface area contributed by atoms with Gasteiger partial charge < -0.3 is 19.2 Å². The number of nitriles is 1. The summed E-state index contributed by atoms with van der Waals surface area (Å²) in [6.45, 7) is 0. The molecule has 1 heterocycles. The monoisotopic (exact) mass is 353 g/mol. The fourth-order valence-electron chi connectivity index (χ4n) is 2.58. The molecule has 0 fully saturated rings. The standard InChI is InChI=1S/C19H16FN3O3/c1-24-16-9-18(26-3)17(25-2)7-11(16)6-12(10-21)19-22-14-5-4-13(20)8-15(14)23-19/h4-9H,1-3H3,(H,22,23)/b12-6-. The van der Waals surface area contributed by atoms with E-state index in [1.54, 1.807) is 24.3 Å². The van der Waals surface area contributed by atoms with Crippen LogP contribution in [0.2, 0.25) is 0 Å². The summed E-state index contributed by atoms with van der Waals surface area (Å²) in [4.78, 5) is 7.30. The summed E-state index contributed by atoms with van der Waals surface area (Å²) >= 11 is 0. The third kappa shape index (κ3) is 3.17. The van der Waals surface area contributed by atoms with Gasteiger partial charge in [0, 0.05) is 11.6 Å². The van der Waals surface area contributed by atoms with Crippen molar-refractivity contribution in [3.63, 3.8) is 0 Å². The molecule has 0 radical (unpaired) electrons. The van der Waals surface area contributed by atoms with Gasteiger partial charge in [0.25, 0.3) is 0 Å². The van der Waals surface area contributed by atoms with Gasteiger partial charge in [-0.2, -0.15) is 5.26 Å². The number of H-pyrrole nitrogens is 1. The summed E-state index contributed by atoms with van der Waals surface area (Å²) in [5, 5.41) is 9.56. The highest BCUT2D eigenvalue weighted by molar-refractivity contribution is 5.91. The lowest BCUT2D eigenvalue weighted by atomic mass is 10.1. The average Bonchev–Trinajstić information content (AvgIpc) is 3.08. The average molecular weight is 353 g/mol. The van der Waals surface area contributed by atoms with Gasteiger partial charge in [0.1, 0.15) is 23.5 Å². The number of ether oxygens (including phenoxy) is 3. The topological polar surface area (TPSA) is 80.2 Å². The van der Waals surface area contributed by atoms with E-state index in [4.69, 9.17) is 14.2 Å². The molecule has 0 aliphatic heterocycles. The summed E-state index contributed by atoms with van der Waals surface area (Å²) in [6, 6.07) is 9.69. The zero-order valence-corrected chi connectivity index (χ0v) is 14.5. The molecular weight excluding hydrogens is 337 g/mol. The molecule has 7 heteroatoms. The second kappa shape index (κ2) is 7.15. The zero-order chi connectivity index (χ0) is 18.7. The van der Waals surface area contributed by atoms with E-state index in [1.165, 1.54) is 33.5 Å². The van der Waals surface area contributed by atoms with Gasteiger partial charge in [-0.15, -0.1) is 0 Å². The van der Waals surface area contributed by atoms with Crippen LogP contribution in [0.5, 0.6) is 17.2 Å². The maximum Gasteiger partial charge on any atom is 0.164 e. The second-order valence-electron chi connectivity index (χ2n) is 5.37. The van der Waals surface area contributed by atoms with Crippen molar-refractivity contribution in [2.45, 2.75) is 0 Å². The second-order valence-corrected chi connectivity index (χ2v) is 5.37. The molecule has 6 nitrogen and oxygen atoms in total. The van der Waals surface area contributed by atoms with Crippen LogP contribution in [0.3, 0.4) is 0 Å². The molecule has 0 unspecified atom stereocenters. The van der Waals surface area contributed by atoms with E-state index < -0.39 is 0 Å². The highest BCUT2D eigenvalue weighted by Gasteiger charge is 2.14. The van der Waals surface area contributed by atoms with Gasteiger partial charge >= 0.3 is 0 Å². The van der Waals surface area contributed by atoms with Gasteiger partial charge in [-0.25, -0.2) is 9.37 Å². The molecule has 3 aromatic rings. The van der Waals surface area contributed by atoms with Crippen molar-refractivity contribution < 1.29 is 18.6 Å². The van der Waals surface area contributed by atoms with Crippen LogP contribution in [-0.4, -0.2) is 31.3 Å². The molecular formula is C19H16FN3O3. The van der Waals surface area contributed by atoms with Crippen LogP contribution in [-0.2, 0) is 0 Å². The fraction of sp³-hybridized carbons (Fsp3) is 0.158. The zero-order valence-electron chi connectivity index (χ0n) is 14.5. The van der Waals surface area contributed by atoms with E-state index >= 15 is 0 Å². The smallest absolute Gasteiger partial charge is 0.164 e. The van der Waals surface area contributed by atoms with Crippen LogP contribution < -0.4 is 14.2 Å². The van der Waals surface area contributed by atoms with E-state index in [0.717, 1.165) is 0 Å². The Hall–Kier alpha value is -3.53. The Kier molecular flexibility index (Phi) is 4.76. The minimum Gasteiger partial charge on any atom is -0.496 e. The minimum absolute atomic E-state index is 0.270. The summed E-state index contributed by atoms with van der Waals surface area (Å²) in [5.74, 6) is 1.49. The van der Waals surface area contributed by atoms with Crippen LogP contribution in [0.15, 0.2) is 30.3 Å². The van der Waals surface area contributed by atoms with E-state index in [1.807, 2.05) is 0 Å². The van der Waals surface area contributed by atoms with Crippen LogP contribution in [0, 0.1) is 17.1 Å². The van der Waals surface area contributed by atoms with Crippen LogP contribution in [0.1, 0.15) is 11.4 Å². The Morgan fingerprint density at radius 2 is 1.77 bits per heavy atom. The lowest BCUT2D eigenvalue weighted by Crippen LogP contribution is -1.95. The largest absolute Gasteiger partial charge is 0.496 e. The van der Waals surface area contributed by atoms with Gasteiger partial charge in [-0.1, -0.05) is 0 Å². The predicted octanol–water partition coefficient (Wildman–Crippen LogP) is 3.79. The molecule has 0 amide bonds. The summed E-state index contributed by atoms with van der Waals surface area (Å²) in [5.41, 5.74) is 1.97. The number of allylic oxidation sites excluding steroid dienone is 1. The lowest BCUT2D eigenvalue weighted by molar-refractivity contribution is 0.348. The quantitative estimate of drug-likeness (QED) is 0.706. The molecule has 0 saturated heterocycles. The first-order valence-electron chi connectivity index (χ1n) is 7.67. The van der Waals surface area contributed by atoms with Crippen molar-refractivity contribution in [2.24, 2.45) is 0 Å². The number of nitrogens with zero attached hydrogens (tertiary/aromatic N) is 2. The Morgan fingerprint density at radius 1 is 1.08 bits per heavy atom. The number of benzene rings is 2. The minimum atomic E-state index is -0.378. The van der Waals surface area contributed by atoms with Crippen LogP contribution in [0.25, 0.3) is 22.7 Å². The highest BCUT2D eigenvalue weighted by atomic mass is 19.1. The van der Waals surface area contributed by atoms with Crippen molar-refractivity contribution in [3.05, 3.63) is 47.5 Å². The molecule has 0 bridgehead atoms. The van der Waals surface area contributed by atoms with Gasteiger partial charge in [0.05, 0.1) is 37.9 Å². The number of nitrogens with one attached hydrogen (secondary N) is 1. The summed E-state index contributed by atoms with van der Waals surface area (Å²) in [6.07, 6.45) is 1.62. The molecule has 132 valence electrons. The third-order valence-electron chi connectivity index (χ3n) is 3.86. The number of aromatic amines is 1. The predicted molar refractivity (Wildman–Crippen MR) is 95.6 cm³/mol. The summed E-state index contributed by atoms with van der Waals surface area (Å²) < 4.78 is 29.3. The number of rotatable bonds is 5. The maximum absolute atomic E-state index is 13.4. The Balaban J connectivity index is 2.12. The van der Waals surface area contributed by atoms with Crippen molar-refractivity contribution in [1.29, 1.82) is 5.26 Å². The summed E-state index contributed by atoms with van der Waals surface area (Å²) in [7, 11) is 4.58. The first kappa shape index (κ1) is 17.3. The number of hydrogen-bond donors (Lipinski definition) is 1. The molecule has 3 rings (SSSR count). The number of hydrogen-bond acceptors (Lipinski definition) is 5. The molecule has 26 heavy (non-hydrogen) atoms. The molecule has 0 saturated carbocycles. The van der Waals surface area contributed by atoms with Crippen molar-refractivity contribution in [3.8, 4) is 23.3 Å². The Labute approximate surface area is 149 Å². The molecule has 1 aromatic heterocycles. The molecule has 0 spiro atoms. The molecule has 0 atom stereocenters. The van der Waals surface area contributed by atoms with E-state index in [-0.39, 0.29) is 11.4 Å². The number of imidazole rings is 1. The molecule has 0 aliphatic rings. The third-order valence-corrected chi connectivity index (χ3v) is 3.86. The van der Waals surface area contributed by atoms with Crippen molar-refractivity contribution in [2.75, 3.05) is 21.3 Å². The number of fused-ring (bicyclic) bond motifs is 1. The van der Waals surface area contributed by atoms with E-state index in [9.17, 15) is 9.65 Å². The Bertz CT molecular complexity index is 1030. The maximum atomic E-state index is 13.4. The van der Waals surface area contributed by atoms with E-state index in [2.05, 4.69) is 16.0 Å². The number of methoxy groups -OCH3 is 3. The van der Waals surface area contributed by atoms with Gasteiger partial charge in [0.2, 0.25) is 0 Å². The number of aromatic nitrogens is 2. The van der Waals surface area contributed by atoms with Gasteiger partial charge in [0.15, 0.2) is 11.5 Å². The molecule has 2 aromatic carbocycles. The van der Waals surface area contributed by atoms with Crippen molar-refractivity contribution >= 4 is 22.7 Å².